The number of rotatable bonds is 8. The minimum absolute atomic E-state index is 0.126. The second-order valence-corrected chi connectivity index (χ2v) is 7.61. The fourth-order valence-corrected chi connectivity index (χ4v) is 4.06. The molecule has 2 N–H and O–H groups in total. The molecule has 1 aliphatic rings. The van der Waals surface area contributed by atoms with Gasteiger partial charge in [-0.15, -0.1) is 0 Å². The molecule has 0 radical (unpaired) electrons. The Morgan fingerprint density at radius 3 is 2.68 bits per heavy atom. The van der Waals surface area contributed by atoms with Crippen LogP contribution >= 0.6 is 11.8 Å². The minimum atomic E-state index is 0.126. The van der Waals surface area contributed by atoms with Gasteiger partial charge >= 0.3 is 0 Å². The first-order valence-electron chi connectivity index (χ1n) is 9.01. The van der Waals surface area contributed by atoms with Crippen LogP contribution in [0.2, 0.25) is 0 Å². The summed E-state index contributed by atoms with van der Waals surface area (Å²) in [5.74, 6) is 2.74. The molecule has 3 nitrogen and oxygen atoms in total. The Labute approximate surface area is 154 Å². The van der Waals surface area contributed by atoms with E-state index in [-0.39, 0.29) is 5.91 Å². The van der Waals surface area contributed by atoms with Crippen molar-refractivity contribution in [3.63, 3.8) is 0 Å². The molecule has 1 fully saturated rings. The zero-order valence-electron chi connectivity index (χ0n) is 14.5. The lowest BCUT2D eigenvalue weighted by atomic mass is 10.0. The van der Waals surface area contributed by atoms with Crippen LogP contribution in [0.1, 0.15) is 30.4 Å². The van der Waals surface area contributed by atoms with Gasteiger partial charge in [0.1, 0.15) is 0 Å². The Morgan fingerprint density at radius 1 is 1.08 bits per heavy atom. The lowest BCUT2D eigenvalue weighted by Crippen LogP contribution is -2.15. The van der Waals surface area contributed by atoms with E-state index in [1.807, 2.05) is 30.0 Å². The molecule has 0 saturated carbocycles. The van der Waals surface area contributed by atoms with Crippen LogP contribution in [0.25, 0.3) is 0 Å². The molecule has 1 heterocycles. The number of amides is 1. The predicted octanol–water partition coefficient (Wildman–Crippen LogP) is 4.45. The van der Waals surface area contributed by atoms with Gasteiger partial charge in [-0.2, -0.15) is 11.8 Å². The van der Waals surface area contributed by atoms with Crippen LogP contribution < -0.4 is 10.6 Å². The van der Waals surface area contributed by atoms with Crippen LogP contribution in [-0.4, -0.2) is 19.0 Å². The van der Waals surface area contributed by atoms with E-state index in [1.54, 1.807) is 0 Å². The molecule has 4 heteroatoms. The molecular weight excluding hydrogens is 328 g/mol. The lowest BCUT2D eigenvalue weighted by molar-refractivity contribution is -0.116. The number of nitrogens with one attached hydrogen (secondary N) is 2. The maximum absolute atomic E-state index is 12.1. The van der Waals surface area contributed by atoms with Crippen molar-refractivity contribution in [2.75, 3.05) is 18.4 Å². The topological polar surface area (TPSA) is 41.1 Å². The zero-order valence-corrected chi connectivity index (χ0v) is 15.4. The summed E-state index contributed by atoms with van der Waals surface area (Å²) in [4.78, 5) is 12.1. The highest BCUT2D eigenvalue weighted by Gasteiger charge is 2.15. The largest absolute Gasteiger partial charge is 0.326 e. The SMILES string of the molecule is O=C(CCC1CCNC1)Nc1cccc(CSCc2ccccc2)c1. The Bertz CT molecular complexity index is 669. The first-order chi connectivity index (χ1) is 12.3. The smallest absolute Gasteiger partial charge is 0.224 e. The number of thioether (sulfide) groups is 1. The highest BCUT2D eigenvalue weighted by Crippen LogP contribution is 2.21. The van der Waals surface area contributed by atoms with Gasteiger partial charge in [-0.1, -0.05) is 42.5 Å². The molecule has 25 heavy (non-hydrogen) atoms. The molecule has 1 aliphatic heterocycles. The van der Waals surface area contributed by atoms with E-state index in [2.05, 4.69) is 47.0 Å². The summed E-state index contributed by atoms with van der Waals surface area (Å²) in [5.41, 5.74) is 3.50. The van der Waals surface area contributed by atoms with Crippen molar-refractivity contribution in [2.24, 2.45) is 5.92 Å². The van der Waals surface area contributed by atoms with Gasteiger partial charge in [0.2, 0.25) is 5.91 Å². The molecule has 2 aromatic rings. The average molecular weight is 355 g/mol. The average Bonchev–Trinajstić information content (AvgIpc) is 3.15. The quantitative estimate of drug-likeness (QED) is 0.736. The highest BCUT2D eigenvalue weighted by molar-refractivity contribution is 7.97. The number of hydrogen-bond acceptors (Lipinski definition) is 3. The first kappa shape index (κ1) is 18.0. The van der Waals surface area contributed by atoms with E-state index in [9.17, 15) is 4.79 Å². The third kappa shape index (κ3) is 6.22. The van der Waals surface area contributed by atoms with E-state index in [1.165, 1.54) is 17.5 Å². The maximum atomic E-state index is 12.1. The van der Waals surface area contributed by atoms with Gasteiger partial charge in [0, 0.05) is 23.6 Å². The Hall–Kier alpha value is -1.78. The third-order valence-electron chi connectivity index (χ3n) is 4.53. The normalized spacial score (nSPS) is 16.7. The van der Waals surface area contributed by atoms with Gasteiger partial charge in [0.25, 0.3) is 0 Å². The van der Waals surface area contributed by atoms with Crippen molar-refractivity contribution in [3.05, 3.63) is 65.7 Å². The summed E-state index contributed by atoms with van der Waals surface area (Å²) >= 11 is 1.89. The van der Waals surface area contributed by atoms with Crippen molar-refractivity contribution in [2.45, 2.75) is 30.8 Å². The van der Waals surface area contributed by atoms with Gasteiger partial charge < -0.3 is 10.6 Å². The number of carbonyl (C=O) groups excluding carboxylic acids is 1. The zero-order chi connectivity index (χ0) is 17.3. The standard InChI is InChI=1S/C21H26N2OS/c24-21(10-9-17-11-12-22-14-17)23-20-8-4-7-19(13-20)16-25-15-18-5-2-1-3-6-18/h1-8,13,17,22H,9-12,14-16H2,(H,23,24). The second kappa shape index (κ2) is 9.64. The lowest BCUT2D eigenvalue weighted by Gasteiger charge is -2.10. The van der Waals surface area contributed by atoms with Gasteiger partial charge in [-0.3, -0.25) is 4.79 Å². The molecule has 1 atom stereocenters. The number of anilines is 1. The van der Waals surface area contributed by atoms with Gasteiger partial charge in [-0.25, -0.2) is 0 Å². The number of hydrogen-bond donors (Lipinski definition) is 2. The summed E-state index contributed by atoms with van der Waals surface area (Å²) < 4.78 is 0. The molecule has 2 aromatic carbocycles. The van der Waals surface area contributed by atoms with Crippen LogP contribution in [0.4, 0.5) is 5.69 Å². The van der Waals surface area contributed by atoms with E-state index in [0.717, 1.165) is 36.7 Å². The molecule has 1 saturated heterocycles. The summed E-state index contributed by atoms with van der Waals surface area (Å²) in [6.45, 7) is 2.15. The van der Waals surface area contributed by atoms with Gasteiger partial charge in [0.05, 0.1) is 0 Å². The summed E-state index contributed by atoms with van der Waals surface area (Å²) in [6.07, 6.45) is 2.78. The minimum Gasteiger partial charge on any atom is -0.326 e. The van der Waals surface area contributed by atoms with Crippen LogP contribution in [-0.2, 0) is 16.3 Å². The molecule has 0 aromatic heterocycles. The van der Waals surface area contributed by atoms with Crippen molar-refractivity contribution >= 4 is 23.4 Å². The molecule has 1 amide bonds. The fraction of sp³-hybridized carbons (Fsp3) is 0.381. The Balaban J connectivity index is 1.43. The molecule has 132 valence electrons. The van der Waals surface area contributed by atoms with Gasteiger partial charge in [-0.05, 0) is 55.1 Å². The highest BCUT2D eigenvalue weighted by atomic mass is 32.2. The Kier molecular flexibility index (Phi) is 6.95. The summed E-state index contributed by atoms with van der Waals surface area (Å²) in [7, 11) is 0. The van der Waals surface area contributed by atoms with Crippen LogP contribution in [0.3, 0.4) is 0 Å². The van der Waals surface area contributed by atoms with E-state index in [4.69, 9.17) is 0 Å². The number of benzene rings is 2. The fourth-order valence-electron chi connectivity index (χ4n) is 3.12. The third-order valence-corrected chi connectivity index (χ3v) is 5.61. The van der Waals surface area contributed by atoms with Gasteiger partial charge in [0.15, 0.2) is 0 Å². The Morgan fingerprint density at radius 2 is 1.88 bits per heavy atom. The molecule has 0 aliphatic carbocycles. The summed E-state index contributed by atoms with van der Waals surface area (Å²) in [6, 6.07) is 18.7. The van der Waals surface area contributed by atoms with E-state index in [0.29, 0.717) is 12.3 Å². The second-order valence-electron chi connectivity index (χ2n) is 6.62. The molecule has 3 rings (SSSR count). The monoisotopic (exact) mass is 354 g/mol. The molecule has 1 unspecified atom stereocenters. The number of carbonyl (C=O) groups is 1. The van der Waals surface area contributed by atoms with E-state index >= 15 is 0 Å². The maximum Gasteiger partial charge on any atom is 0.224 e. The van der Waals surface area contributed by atoms with Crippen LogP contribution in [0.15, 0.2) is 54.6 Å². The molecule has 0 spiro atoms. The summed E-state index contributed by atoms with van der Waals surface area (Å²) in [5, 5.41) is 6.40. The molecule has 0 bridgehead atoms. The van der Waals surface area contributed by atoms with Crippen LogP contribution in [0, 0.1) is 5.92 Å². The van der Waals surface area contributed by atoms with Crippen molar-refractivity contribution < 1.29 is 4.79 Å². The first-order valence-corrected chi connectivity index (χ1v) is 10.2. The molecular formula is C21H26N2OS. The van der Waals surface area contributed by atoms with E-state index < -0.39 is 0 Å². The van der Waals surface area contributed by atoms with Crippen molar-refractivity contribution in [1.82, 2.24) is 5.32 Å². The van der Waals surface area contributed by atoms with Crippen LogP contribution in [0.5, 0.6) is 0 Å². The predicted molar refractivity (Wildman–Crippen MR) is 107 cm³/mol. The van der Waals surface area contributed by atoms with Crippen molar-refractivity contribution in [1.29, 1.82) is 0 Å². The van der Waals surface area contributed by atoms with Crippen molar-refractivity contribution in [3.8, 4) is 0 Å².